The van der Waals surface area contributed by atoms with E-state index in [1.54, 1.807) is 22.7 Å². The van der Waals surface area contributed by atoms with Crippen molar-refractivity contribution in [2.24, 2.45) is 5.92 Å². The SMILES string of the molecule is Cc1ncc(CC(=O)N[C@H]2CC[C@H](CCN3CCc4nc(O[C@H]5C[C@@H](F)C5)sc4CC3)CC2)s1. The van der Waals surface area contributed by atoms with Gasteiger partial charge in [-0.1, -0.05) is 11.3 Å². The van der Waals surface area contributed by atoms with Gasteiger partial charge >= 0.3 is 0 Å². The molecule has 0 aromatic carbocycles. The van der Waals surface area contributed by atoms with Gasteiger partial charge in [0.05, 0.1) is 17.1 Å². The number of hydrogen-bond acceptors (Lipinski definition) is 7. The molecule has 2 aromatic heterocycles. The zero-order valence-electron chi connectivity index (χ0n) is 19.9. The van der Waals surface area contributed by atoms with E-state index in [9.17, 15) is 9.18 Å². The van der Waals surface area contributed by atoms with Gasteiger partial charge in [-0.15, -0.1) is 11.3 Å². The van der Waals surface area contributed by atoms with Crippen molar-refractivity contribution in [1.82, 2.24) is 20.2 Å². The quantitative estimate of drug-likeness (QED) is 0.571. The zero-order chi connectivity index (χ0) is 23.5. The van der Waals surface area contributed by atoms with Crippen LogP contribution in [-0.2, 0) is 24.1 Å². The molecule has 186 valence electrons. The van der Waals surface area contributed by atoms with Crippen molar-refractivity contribution in [3.63, 3.8) is 0 Å². The maximum absolute atomic E-state index is 13.0. The van der Waals surface area contributed by atoms with Gasteiger partial charge in [-0.25, -0.2) is 14.4 Å². The average Bonchev–Trinajstić information content (AvgIpc) is 3.33. The fourth-order valence-corrected chi connectivity index (χ4v) is 7.09. The van der Waals surface area contributed by atoms with Crippen LogP contribution in [0.1, 0.15) is 65.4 Å². The third kappa shape index (κ3) is 6.34. The Hall–Kier alpha value is -1.58. The van der Waals surface area contributed by atoms with E-state index >= 15 is 0 Å². The average molecular weight is 507 g/mol. The van der Waals surface area contributed by atoms with E-state index in [4.69, 9.17) is 9.72 Å². The zero-order valence-corrected chi connectivity index (χ0v) is 21.6. The molecule has 1 aliphatic heterocycles. The molecule has 2 fully saturated rings. The summed E-state index contributed by atoms with van der Waals surface area (Å²) in [6, 6.07) is 0.324. The Labute approximate surface area is 209 Å². The predicted molar refractivity (Wildman–Crippen MR) is 134 cm³/mol. The van der Waals surface area contributed by atoms with E-state index in [-0.39, 0.29) is 12.0 Å². The first-order valence-electron chi connectivity index (χ1n) is 12.7. The number of carbonyl (C=O) groups excluding carboxylic acids is 1. The monoisotopic (exact) mass is 506 g/mol. The summed E-state index contributed by atoms with van der Waals surface area (Å²) in [4.78, 5) is 26.3. The Morgan fingerprint density at radius 1 is 1.21 bits per heavy atom. The number of nitrogens with zero attached hydrogens (tertiary/aromatic N) is 3. The van der Waals surface area contributed by atoms with Gasteiger partial charge in [0.2, 0.25) is 5.91 Å². The summed E-state index contributed by atoms with van der Waals surface area (Å²) in [6.07, 6.45) is 10.5. The van der Waals surface area contributed by atoms with Gasteiger partial charge < -0.3 is 15.0 Å². The Balaban J connectivity index is 0.987. The number of aromatic nitrogens is 2. The molecule has 1 amide bonds. The van der Waals surface area contributed by atoms with E-state index < -0.39 is 6.17 Å². The number of nitrogens with one attached hydrogen (secondary N) is 1. The van der Waals surface area contributed by atoms with Gasteiger partial charge in [0.1, 0.15) is 12.3 Å². The van der Waals surface area contributed by atoms with Gasteiger partial charge in [-0.3, -0.25) is 4.79 Å². The summed E-state index contributed by atoms with van der Waals surface area (Å²) in [5.41, 5.74) is 1.18. The maximum Gasteiger partial charge on any atom is 0.273 e. The Bertz CT molecular complexity index is 941. The summed E-state index contributed by atoms with van der Waals surface area (Å²) in [7, 11) is 0. The smallest absolute Gasteiger partial charge is 0.273 e. The van der Waals surface area contributed by atoms with E-state index in [1.165, 1.54) is 29.8 Å². The molecule has 9 heteroatoms. The second kappa shape index (κ2) is 11.0. The molecule has 3 heterocycles. The molecular weight excluding hydrogens is 471 g/mol. The van der Waals surface area contributed by atoms with Crippen LogP contribution in [0.4, 0.5) is 4.39 Å². The molecule has 0 unspecified atom stereocenters. The van der Waals surface area contributed by atoms with Crippen LogP contribution < -0.4 is 10.1 Å². The number of carbonyl (C=O) groups is 1. The number of thiazole rings is 2. The Morgan fingerprint density at radius 2 is 2.00 bits per heavy atom. The van der Waals surface area contributed by atoms with Crippen molar-refractivity contribution in [3.8, 4) is 5.19 Å². The topological polar surface area (TPSA) is 67.4 Å². The molecule has 2 saturated carbocycles. The number of halogens is 1. The van der Waals surface area contributed by atoms with Crippen molar-refractivity contribution in [1.29, 1.82) is 0 Å². The molecule has 0 spiro atoms. The molecule has 0 atom stereocenters. The first-order chi connectivity index (χ1) is 16.5. The fraction of sp³-hybridized carbons (Fsp3) is 0.720. The third-order valence-corrected chi connectivity index (χ3v) is 9.41. The molecule has 0 bridgehead atoms. The van der Waals surface area contributed by atoms with Gasteiger partial charge in [0, 0.05) is 54.3 Å². The summed E-state index contributed by atoms with van der Waals surface area (Å²) in [6.45, 7) is 5.24. The molecular formula is C25H35FN4O2S2. The van der Waals surface area contributed by atoms with Crippen LogP contribution in [0.2, 0.25) is 0 Å². The largest absolute Gasteiger partial charge is 0.466 e. The van der Waals surface area contributed by atoms with Gasteiger partial charge in [0.25, 0.3) is 5.19 Å². The van der Waals surface area contributed by atoms with Crippen LogP contribution in [0.5, 0.6) is 5.19 Å². The highest BCUT2D eigenvalue weighted by atomic mass is 32.1. The second-order valence-electron chi connectivity index (χ2n) is 10.1. The van der Waals surface area contributed by atoms with Crippen molar-refractivity contribution in [2.45, 2.75) is 89.4 Å². The van der Waals surface area contributed by atoms with Crippen molar-refractivity contribution in [2.75, 3.05) is 19.6 Å². The van der Waals surface area contributed by atoms with Crippen LogP contribution in [0.25, 0.3) is 0 Å². The number of fused-ring (bicyclic) bond motifs is 1. The molecule has 1 N–H and O–H groups in total. The van der Waals surface area contributed by atoms with E-state index in [1.807, 2.05) is 13.1 Å². The van der Waals surface area contributed by atoms with Crippen molar-refractivity contribution >= 4 is 28.6 Å². The lowest BCUT2D eigenvalue weighted by atomic mass is 9.84. The number of hydrogen-bond donors (Lipinski definition) is 1. The highest BCUT2D eigenvalue weighted by Crippen LogP contribution is 2.34. The maximum atomic E-state index is 13.0. The lowest BCUT2D eigenvalue weighted by Gasteiger charge is -2.30. The minimum absolute atomic E-state index is 0.0206. The first-order valence-corrected chi connectivity index (χ1v) is 14.4. The molecule has 2 aliphatic carbocycles. The molecule has 0 saturated heterocycles. The fourth-order valence-electron chi connectivity index (χ4n) is 5.28. The van der Waals surface area contributed by atoms with Crippen molar-refractivity contribution < 1.29 is 13.9 Å². The van der Waals surface area contributed by atoms with Crippen LogP contribution in [0.3, 0.4) is 0 Å². The van der Waals surface area contributed by atoms with Gasteiger partial charge in [-0.2, -0.15) is 0 Å². The molecule has 5 rings (SSSR count). The van der Waals surface area contributed by atoms with Crippen LogP contribution in [0, 0.1) is 12.8 Å². The number of amides is 1. The van der Waals surface area contributed by atoms with E-state index in [2.05, 4.69) is 15.2 Å². The minimum Gasteiger partial charge on any atom is -0.466 e. The number of alkyl halides is 1. The predicted octanol–water partition coefficient (Wildman–Crippen LogP) is 4.50. The second-order valence-corrected chi connectivity index (χ2v) is 12.5. The van der Waals surface area contributed by atoms with Crippen molar-refractivity contribution in [3.05, 3.63) is 26.7 Å². The van der Waals surface area contributed by atoms with Crippen LogP contribution in [-0.4, -0.2) is 58.7 Å². The van der Waals surface area contributed by atoms with Crippen LogP contribution >= 0.6 is 22.7 Å². The Kier molecular flexibility index (Phi) is 7.80. The Morgan fingerprint density at radius 3 is 2.74 bits per heavy atom. The number of ether oxygens (including phenoxy) is 1. The van der Waals surface area contributed by atoms with Gasteiger partial charge in [-0.05, 0) is 57.9 Å². The van der Waals surface area contributed by atoms with E-state index in [0.29, 0.717) is 25.3 Å². The lowest BCUT2D eigenvalue weighted by Crippen LogP contribution is -2.38. The van der Waals surface area contributed by atoms with Gasteiger partial charge in [0.15, 0.2) is 0 Å². The summed E-state index contributed by atoms with van der Waals surface area (Å²) in [5.74, 6) is 0.889. The highest BCUT2D eigenvalue weighted by Gasteiger charge is 2.32. The first kappa shape index (κ1) is 24.1. The summed E-state index contributed by atoms with van der Waals surface area (Å²) >= 11 is 3.27. The lowest BCUT2D eigenvalue weighted by molar-refractivity contribution is -0.121. The third-order valence-electron chi connectivity index (χ3n) is 7.45. The molecule has 6 nitrogen and oxygen atoms in total. The molecule has 3 aliphatic rings. The highest BCUT2D eigenvalue weighted by molar-refractivity contribution is 7.13. The standard InChI is InChI=1S/C25H35FN4O2S2/c1-16-27-15-21(33-16)14-24(31)28-19-4-2-17(3-5-19)6-9-30-10-7-22-23(8-11-30)34-25(29-22)32-20-12-18(26)13-20/h15,17-20H,2-14H2,1H3,(H,28,31)/t17-,18-,19-,20+. The normalized spacial score (nSPS) is 27.5. The number of aryl methyl sites for hydroxylation is 1. The number of rotatable bonds is 8. The summed E-state index contributed by atoms with van der Waals surface area (Å²) in [5, 5.41) is 4.99. The molecule has 2 aromatic rings. The van der Waals surface area contributed by atoms with Crippen LogP contribution in [0.15, 0.2) is 6.20 Å². The molecule has 34 heavy (non-hydrogen) atoms. The van der Waals surface area contributed by atoms with E-state index in [0.717, 1.165) is 66.3 Å². The molecule has 0 radical (unpaired) electrons. The minimum atomic E-state index is -0.691. The summed E-state index contributed by atoms with van der Waals surface area (Å²) < 4.78 is 18.9.